The SMILES string of the molecule is CNC(Cc1cncc(Br)c1)c1ccco1. The number of nitrogens with zero attached hydrogens (tertiary/aromatic N) is 1. The molecule has 1 atom stereocenters. The Balaban J connectivity index is 2.13. The number of nitrogens with one attached hydrogen (secondary N) is 1. The highest BCUT2D eigenvalue weighted by atomic mass is 79.9. The molecular weight excluding hydrogens is 268 g/mol. The van der Waals surface area contributed by atoms with Crippen LogP contribution in [0.5, 0.6) is 0 Å². The van der Waals surface area contributed by atoms with Gasteiger partial charge in [0.15, 0.2) is 0 Å². The monoisotopic (exact) mass is 280 g/mol. The number of likely N-dealkylation sites (N-methyl/N-ethyl adjacent to an activating group) is 1. The van der Waals surface area contributed by atoms with E-state index in [4.69, 9.17) is 4.42 Å². The molecule has 2 aromatic rings. The molecule has 0 saturated heterocycles. The molecule has 0 aromatic carbocycles. The number of aromatic nitrogens is 1. The zero-order valence-corrected chi connectivity index (χ0v) is 10.6. The lowest BCUT2D eigenvalue weighted by Crippen LogP contribution is -2.18. The van der Waals surface area contributed by atoms with E-state index in [1.807, 2.05) is 25.4 Å². The minimum Gasteiger partial charge on any atom is -0.468 e. The van der Waals surface area contributed by atoms with Gasteiger partial charge in [-0.15, -0.1) is 0 Å². The smallest absolute Gasteiger partial charge is 0.121 e. The Labute approximate surface area is 103 Å². The molecule has 1 N–H and O–H groups in total. The summed E-state index contributed by atoms with van der Waals surface area (Å²) in [7, 11) is 1.93. The highest BCUT2D eigenvalue weighted by Crippen LogP contribution is 2.19. The zero-order valence-electron chi connectivity index (χ0n) is 8.98. The van der Waals surface area contributed by atoms with Crippen LogP contribution >= 0.6 is 15.9 Å². The van der Waals surface area contributed by atoms with Crippen molar-refractivity contribution in [2.24, 2.45) is 0 Å². The molecule has 4 heteroatoms. The van der Waals surface area contributed by atoms with Crippen LogP contribution in [0.3, 0.4) is 0 Å². The molecule has 0 aliphatic carbocycles. The largest absolute Gasteiger partial charge is 0.468 e. The minimum atomic E-state index is 0.186. The lowest BCUT2D eigenvalue weighted by atomic mass is 10.1. The van der Waals surface area contributed by atoms with Crippen molar-refractivity contribution in [3.05, 3.63) is 52.7 Å². The molecule has 0 aliphatic rings. The maximum absolute atomic E-state index is 5.39. The van der Waals surface area contributed by atoms with E-state index in [0.29, 0.717) is 0 Å². The van der Waals surface area contributed by atoms with E-state index in [0.717, 1.165) is 16.7 Å². The Bertz CT molecular complexity index is 442. The van der Waals surface area contributed by atoms with Gasteiger partial charge in [0.1, 0.15) is 5.76 Å². The van der Waals surface area contributed by atoms with Gasteiger partial charge in [0.25, 0.3) is 0 Å². The summed E-state index contributed by atoms with van der Waals surface area (Å²) in [5.74, 6) is 0.947. The van der Waals surface area contributed by atoms with Gasteiger partial charge in [-0.1, -0.05) is 0 Å². The van der Waals surface area contributed by atoms with Crippen LogP contribution in [-0.4, -0.2) is 12.0 Å². The molecule has 3 nitrogen and oxygen atoms in total. The standard InChI is InChI=1S/C12H13BrN2O/c1-14-11(12-3-2-4-16-12)6-9-5-10(13)8-15-7-9/h2-5,7-8,11,14H,6H2,1H3. The van der Waals surface area contributed by atoms with Crippen LogP contribution in [0.15, 0.2) is 45.7 Å². The van der Waals surface area contributed by atoms with Crippen LogP contribution in [0.25, 0.3) is 0 Å². The van der Waals surface area contributed by atoms with Gasteiger partial charge in [-0.25, -0.2) is 0 Å². The van der Waals surface area contributed by atoms with E-state index in [1.54, 1.807) is 12.5 Å². The predicted octanol–water partition coefficient (Wildman–Crippen LogP) is 2.94. The van der Waals surface area contributed by atoms with Crippen molar-refractivity contribution in [3.8, 4) is 0 Å². The Morgan fingerprint density at radius 3 is 3.00 bits per heavy atom. The first-order valence-electron chi connectivity index (χ1n) is 5.09. The zero-order chi connectivity index (χ0) is 11.4. The molecular formula is C12H13BrN2O. The Hall–Kier alpha value is -1.13. The fourth-order valence-electron chi connectivity index (χ4n) is 1.64. The van der Waals surface area contributed by atoms with Crippen LogP contribution in [0, 0.1) is 0 Å². The van der Waals surface area contributed by atoms with Gasteiger partial charge < -0.3 is 9.73 Å². The molecule has 0 spiro atoms. The Kier molecular flexibility index (Phi) is 3.74. The Morgan fingerprint density at radius 1 is 1.50 bits per heavy atom. The lowest BCUT2D eigenvalue weighted by molar-refractivity contribution is 0.429. The summed E-state index contributed by atoms with van der Waals surface area (Å²) >= 11 is 3.42. The number of hydrogen-bond acceptors (Lipinski definition) is 3. The first-order valence-corrected chi connectivity index (χ1v) is 5.89. The lowest BCUT2D eigenvalue weighted by Gasteiger charge is -2.13. The molecule has 16 heavy (non-hydrogen) atoms. The third-order valence-electron chi connectivity index (χ3n) is 2.44. The second-order valence-electron chi connectivity index (χ2n) is 3.57. The van der Waals surface area contributed by atoms with Crippen LogP contribution in [0.4, 0.5) is 0 Å². The topological polar surface area (TPSA) is 38.1 Å². The van der Waals surface area contributed by atoms with E-state index in [-0.39, 0.29) is 6.04 Å². The van der Waals surface area contributed by atoms with Gasteiger partial charge in [0, 0.05) is 16.9 Å². The maximum Gasteiger partial charge on any atom is 0.121 e. The van der Waals surface area contributed by atoms with Crippen LogP contribution < -0.4 is 5.32 Å². The quantitative estimate of drug-likeness (QED) is 0.936. The molecule has 0 saturated carbocycles. The number of furan rings is 1. The summed E-state index contributed by atoms with van der Waals surface area (Å²) in [6.45, 7) is 0. The first kappa shape index (κ1) is 11.4. The van der Waals surface area contributed by atoms with E-state index in [1.165, 1.54) is 5.56 Å². The van der Waals surface area contributed by atoms with Crippen LogP contribution in [0.2, 0.25) is 0 Å². The molecule has 0 aliphatic heterocycles. The van der Waals surface area contributed by atoms with Crippen molar-refractivity contribution in [1.29, 1.82) is 0 Å². The highest BCUT2D eigenvalue weighted by Gasteiger charge is 2.12. The van der Waals surface area contributed by atoms with E-state index in [9.17, 15) is 0 Å². The van der Waals surface area contributed by atoms with Crippen molar-refractivity contribution in [2.45, 2.75) is 12.5 Å². The summed E-state index contributed by atoms with van der Waals surface area (Å²) in [4.78, 5) is 4.15. The molecule has 0 bridgehead atoms. The van der Waals surface area contributed by atoms with Gasteiger partial charge in [0.05, 0.1) is 12.3 Å². The second-order valence-corrected chi connectivity index (χ2v) is 4.49. The van der Waals surface area contributed by atoms with Crippen molar-refractivity contribution < 1.29 is 4.42 Å². The molecule has 0 fully saturated rings. The van der Waals surface area contributed by atoms with E-state index < -0.39 is 0 Å². The van der Waals surface area contributed by atoms with Gasteiger partial charge in [-0.05, 0) is 53.2 Å². The highest BCUT2D eigenvalue weighted by molar-refractivity contribution is 9.10. The summed E-state index contributed by atoms with van der Waals surface area (Å²) < 4.78 is 6.39. The van der Waals surface area contributed by atoms with Gasteiger partial charge >= 0.3 is 0 Å². The average Bonchev–Trinajstić information content (AvgIpc) is 2.79. The molecule has 2 heterocycles. The molecule has 1 unspecified atom stereocenters. The fourth-order valence-corrected chi connectivity index (χ4v) is 2.05. The number of halogens is 1. The molecule has 0 radical (unpaired) electrons. The minimum absolute atomic E-state index is 0.186. The summed E-state index contributed by atoms with van der Waals surface area (Å²) in [5, 5.41) is 3.24. The summed E-state index contributed by atoms with van der Waals surface area (Å²) in [5.41, 5.74) is 1.17. The van der Waals surface area contributed by atoms with Crippen molar-refractivity contribution in [1.82, 2.24) is 10.3 Å². The molecule has 2 rings (SSSR count). The van der Waals surface area contributed by atoms with E-state index >= 15 is 0 Å². The molecule has 2 aromatic heterocycles. The number of rotatable bonds is 4. The maximum atomic E-state index is 5.39. The van der Waals surface area contributed by atoms with Crippen LogP contribution in [-0.2, 0) is 6.42 Å². The van der Waals surface area contributed by atoms with Crippen molar-refractivity contribution in [2.75, 3.05) is 7.05 Å². The van der Waals surface area contributed by atoms with Crippen LogP contribution in [0.1, 0.15) is 17.4 Å². The fraction of sp³-hybridized carbons (Fsp3) is 0.250. The predicted molar refractivity (Wildman–Crippen MR) is 66.1 cm³/mol. The average molecular weight is 281 g/mol. The van der Waals surface area contributed by atoms with E-state index in [2.05, 4.69) is 32.3 Å². The second kappa shape index (κ2) is 5.27. The number of hydrogen-bond donors (Lipinski definition) is 1. The van der Waals surface area contributed by atoms with Gasteiger partial charge in [0.2, 0.25) is 0 Å². The summed E-state index contributed by atoms with van der Waals surface area (Å²) in [6, 6.07) is 6.14. The number of pyridine rings is 1. The first-order chi connectivity index (χ1) is 7.79. The third-order valence-corrected chi connectivity index (χ3v) is 2.87. The van der Waals surface area contributed by atoms with Crippen molar-refractivity contribution in [3.63, 3.8) is 0 Å². The molecule has 0 amide bonds. The van der Waals surface area contributed by atoms with Gasteiger partial charge in [-0.3, -0.25) is 4.98 Å². The Morgan fingerprint density at radius 2 is 2.38 bits per heavy atom. The normalized spacial score (nSPS) is 12.6. The molecule has 84 valence electrons. The summed E-state index contributed by atoms with van der Waals surface area (Å²) in [6.07, 6.45) is 6.21. The third kappa shape index (κ3) is 2.71. The van der Waals surface area contributed by atoms with Gasteiger partial charge in [-0.2, -0.15) is 0 Å². The van der Waals surface area contributed by atoms with Crippen molar-refractivity contribution >= 4 is 15.9 Å².